The van der Waals surface area contributed by atoms with Crippen molar-refractivity contribution < 1.29 is 9.59 Å². The largest absolute Gasteiger partial charge is 0.312 e. The third-order valence-corrected chi connectivity index (χ3v) is 13.9. The van der Waals surface area contributed by atoms with Crippen LogP contribution in [0.3, 0.4) is 0 Å². The zero-order valence-corrected chi connectivity index (χ0v) is 36.6. The van der Waals surface area contributed by atoms with Crippen LogP contribution in [0.4, 0.5) is 11.4 Å². The van der Waals surface area contributed by atoms with Gasteiger partial charge in [0.25, 0.3) is 0 Å². The van der Waals surface area contributed by atoms with Gasteiger partial charge in [-0.3, -0.25) is 9.59 Å². The number of aryl methyl sites for hydroxylation is 3. The van der Waals surface area contributed by atoms with E-state index in [0.717, 1.165) is 88.1 Å². The summed E-state index contributed by atoms with van der Waals surface area (Å²) in [6.07, 6.45) is 9.08. The van der Waals surface area contributed by atoms with Crippen LogP contribution >= 0.6 is 23.2 Å². The summed E-state index contributed by atoms with van der Waals surface area (Å²) in [5, 5.41) is 0.507. The number of hydrogen-bond acceptors (Lipinski definition) is 3. The van der Waals surface area contributed by atoms with Crippen molar-refractivity contribution in [2.45, 2.75) is 58.3 Å². The molecule has 1 spiro atoms. The van der Waals surface area contributed by atoms with Gasteiger partial charge in [0.2, 0.25) is 0 Å². The molecule has 1 aliphatic heterocycles. The van der Waals surface area contributed by atoms with Crippen molar-refractivity contribution in [2.24, 2.45) is 0 Å². The van der Waals surface area contributed by atoms with E-state index in [1.54, 1.807) is 6.08 Å². The van der Waals surface area contributed by atoms with Crippen molar-refractivity contribution in [1.82, 2.24) is 0 Å². The highest BCUT2D eigenvalue weighted by atomic mass is 35.5. The lowest BCUT2D eigenvalue weighted by molar-refractivity contribution is 0.0988. The molecule has 0 atom stereocenters. The molecule has 0 N–H and O–H groups in total. The average molecular weight is 847 g/mol. The molecule has 5 heteroatoms. The molecule has 0 radical (unpaired) electrons. The van der Waals surface area contributed by atoms with Crippen LogP contribution in [-0.4, -0.2) is 11.6 Å². The topological polar surface area (TPSA) is 37.4 Å². The molecule has 62 heavy (non-hydrogen) atoms. The van der Waals surface area contributed by atoms with Gasteiger partial charge in [0, 0.05) is 33.4 Å². The van der Waals surface area contributed by atoms with Gasteiger partial charge in [0.1, 0.15) is 0 Å². The molecule has 7 aromatic rings. The Morgan fingerprint density at radius 3 is 1.45 bits per heavy atom. The van der Waals surface area contributed by atoms with Gasteiger partial charge in [-0.25, -0.2) is 0 Å². The minimum atomic E-state index is -0.347. The second-order valence-corrected chi connectivity index (χ2v) is 18.0. The summed E-state index contributed by atoms with van der Waals surface area (Å²) in [6.45, 7) is 6.60. The third kappa shape index (κ3) is 6.76. The molecule has 1 fully saturated rings. The van der Waals surface area contributed by atoms with Crippen molar-refractivity contribution in [3.63, 3.8) is 0 Å². The molecule has 1 heterocycles. The summed E-state index contributed by atoms with van der Waals surface area (Å²) in [7, 11) is 0. The zero-order valence-electron chi connectivity index (χ0n) is 35.1. The van der Waals surface area contributed by atoms with Gasteiger partial charge in [0.15, 0.2) is 11.6 Å². The number of anilines is 2. The van der Waals surface area contributed by atoms with Gasteiger partial charge < -0.3 is 4.90 Å². The number of Topliss-reactive ketones (excluding diaryl/α,β-unsaturated/α-hetero) is 2. The van der Waals surface area contributed by atoms with Crippen LogP contribution in [0.2, 0.25) is 10.0 Å². The SMILES string of the molecule is Cc1cc(-c2ccc(-c3ccccc3)cc2)c(N2/C(=C/C=C3C(=O)c4cc(Cl)c(Cl)cc4C3=O)C3(CCCCC3)c3c(C)cc(C)cc32)c(-c2ccc(-c3ccccc3)cc2)c1. The summed E-state index contributed by atoms with van der Waals surface area (Å²) < 4.78 is 0. The fourth-order valence-electron chi connectivity index (χ4n) is 10.4. The second kappa shape index (κ2) is 15.9. The van der Waals surface area contributed by atoms with Crippen LogP contribution in [0, 0.1) is 20.8 Å². The number of allylic oxidation sites excluding steroid dienone is 4. The Morgan fingerprint density at radius 1 is 0.500 bits per heavy atom. The van der Waals surface area contributed by atoms with Gasteiger partial charge in [-0.2, -0.15) is 0 Å². The molecule has 1 saturated carbocycles. The molecule has 3 aliphatic rings. The lowest BCUT2D eigenvalue weighted by Crippen LogP contribution is -2.32. The van der Waals surface area contributed by atoms with Gasteiger partial charge >= 0.3 is 0 Å². The Labute approximate surface area is 374 Å². The highest BCUT2D eigenvalue weighted by Crippen LogP contribution is 2.61. The number of ketones is 2. The molecule has 7 aromatic carbocycles. The summed E-state index contributed by atoms with van der Waals surface area (Å²) in [6, 6.07) is 51.1. The number of benzene rings is 7. The highest BCUT2D eigenvalue weighted by molar-refractivity contribution is 6.45. The van der Waals surface area contributed by atoms with E-state index in [4.69, 9.17) is 23.2 Å². The molecule has 0 unspecified atom stereocenters. The van der Waals surface area contributed by atoms with Crippen molar-refractivity contribution in [2.75, 3.05) is 4.90 Å². The minimum absolute atomic E-state index is 0.123. The smallest absolute Gasteiger partial charge is 0.197 e. The number of carbonyl (C=O) groups excluding carboxylic acids is 2. The van der Waals surface area contributed by atoms with E-state index in [-0.39, 0.29) is 32.6 Å². The lowest BCUT2D eigenvalue weighted by Gasteiger charge is -2.38. The molecule has 10 rings (SSSR count). The number of nitrogens with zero attached hydrogens (tertiary/aromatic N) is 1. The second-order valence-electron chi connectivity index (χ2n) is 17.2. The number of rotatable bonds is 6. The van der Waals surface area contributed by atoms with E-state index in [2.05, 4.69) is 153 Å². The van der Waals surface area contributed by atoms with E-state index >= 15 is 0 Å². The standard InChI is InChI=1S/C57H45Cl2NO2/c1-35-29-37(3)53-51(32-35)60(52(57(53)27-11-6-12-28-57)26-25-44-55(61)47-33-49(58)50(59)34-48(47)56(44)62)54-45(42-21-17-40(18-22-42)38-13-7-4-8-14-38)30-36(2)31-46(54)43-23-19-41(20-24-43)39-15-9-5-10-16-39/h4-5,7-10,13-26,29-34H,6,11-12,27-28H2,1-3H3/b52-26+. The fraction of sp³-hybridized carbons (Fsp3) is 0.158. The van der Waals surface area contributed by atoms with Crippen LogP contribution in [0.1, 0.15) is 75.1 Å². The molecule has 304 valence electrons. The Kier molecular flexibility index (Phi) is 10.2. The van der Waals surface area contributed by atoms with Crippen molar-refractivity contribution in [1.29, 1.82) is 0 Å². The van der Waals surface area contributed by atoms with Crippen LogP contribution < -0.4 is 4.90 Å². The Morgan fingerprint density at radius 2 is 0.952 bits per heavy atom. The average Bonchev–Trinajstić information content (AvgIpc) is 3.67. The van der Waals surface area contributed by atoms with E-state index < -0.39 is 0 Å². The van der Waals surface area contributed by atoms with Crippen LogP contribution in [0.25, 0.3) is 44.5 Å². The summed E-state index contributed by atoms with van der Waals surface area (Å²) in [5.74, 6) is -0.665. The normalized spacial score (nSPS) is 16.0. The predicted octanol–water partition coefficient (Wildman–Crippen LogP) is 15.8. The maximum Gasteiger partial charge on any atom is 0.197 e. The monoisotopic (exact) mass is 845 g/mol. The maximum absolute atomic E-state index is 14.1. The first-order valence-electron chi connectivity index (χ1n) is 21.5. The first-order valence-corrected chi connectivity index (χ1v) is 22.3. The summed E-state index contributed by atoms with van der Waals surface area (Å²) in [4.78, 5) is 30.6. The van der Waals surface area contributed by atoms with Gasteiger partial charge in [-0.15, -0.1) is 0 Å². The fourth-order valence-corrected chi connectivity index (χ4v) is 10.7. The van der Waals surface area contributed by atoms with Gasteiger partial charge in [-0.1, -0.05) is 158 Å². The first kappa shape index (κ1) is 39.9. The quantitative estimate of drug-likeness (QED) is 0.124. The number of hydrogen-bond donors (Lipinski definition) is 0. The van der Waals surface area contributed by atoms with Crippen LogP contribution in [0.5, 0.6) is 0 Å². The lowest BCUT2D eigenvalue weighted by atomic mass is 9.67. The van der Waals surface area contributed by atoms with Crippen molar-refractivity contribution in [3.8, 4) is 44.5 Å². The summed E-state index contributed by atoms with van der Waals surface area (Å²) >= 11 is 12.8. The zero-order chi connectivity index (χ0) is 42.7. The van der Waals surface area contributed by atoms with Crippen molar-refractivity contribution >= 4 is 46.1 Å². The third-order valence-electron chi connectivity index (χ3n) is 13.1. The van der Waals surface area contributed by atoms with Gasteiger partial charge in [-0.05, 0) is 132 Å². The van der Waals surface area contributed by atoms with E-state index in [1.165, 1.54) is 39.9 Å². The van der Waals surface area contributed by atoms with Crippen LogP contribution in [0.15, 0.2) is 169 Å². The predicted molar refractivity (Wildman–Crippen MR) is 257 cm³/mol. The molecule has 2 aliphatic carbocycles. The molecule has 0 saturated heterocycles. The number of halogens is 2. The number of fused-ring (bicyclic) bond motifs is 3. The Balaban J connectivity index is 1.24. The molecule has 0 aromatic heterocycles. The molecule has 0 bridgehead atoms. The highest BCUT2D eigenvalue weighted by Gasteiger charge is 2.50. The minimum Gasteiger partial charge on any atom is -0.312 e. The summed E-state index contributed by atoms with van der Waals surface area (Å²) in [5.41, 5.74) is 17.6. The molecular formula is C57H45Cl2NO2. The van der Waals surface area contributed by atoms with E-state index in [0.29, 0.717) is 11.1 Å². The Hall–Kier alpha value is -6.26. The maximum atomic E-state index is 14.1. The number of carbonyl (C=O) groups is 2. The van der Waals surface area contributed by atoms with E-state index in [1.807, 2.05) is 12.1 Å². The first-order chi connectivity index (χ1) is 30.1. The molecule has 0 amide bonds. The van der Waals surface area contributed by atoms with Crippen molar-refractivity contribution in [3.05, 3.63) is 212 Å². The Bertz CT molecular complexity index is 2850. The van der Waals surface area contributed by atoms with E-state index in [9.17, 15) is 9.59 Å². The molecule has 3 nitrogen and oxygen atoms in total. The van der Waals surface area contributed by atoms with Crippen LogP contribution in [-0.2, 0) is 5.41 Å². The molecular weight excluding hydrogens is 802 g/mol. The van der Waals surface area contributed by atoms with Gasteiger partial charge in [0.05, 0.1) is 27.0 Å².